The van der Waals surface area contributed by atoms with Crippen molar-refractivity contribution >= 4 is 11.9 Å². The van der Waals surface area contributed by atoms with Gasteiger partial charge in [0.15, 0.2) is 0 Å². The van der Waals surface area contributed by atoms with Crippen LogP contribution in [-0.2, 0) is 16.6 Å². The Bertz CT molecular complexity index is 927. The molecule has 4 heteroatoms. The highest BCUT2D eigenvalue weighted by molar-refractivity contribution is 5.87. The van der Waals surface area contributed by atoms with Crippen LogP contribution in [-0.4, -0.2) is 34.5 Å². The molecule has 4 rings (SSSR count). The first-order valence-electron chi connectivity index (χ1n) is 11.4. The van der Waals surface area contributed by atoms with E-state index >= 15 is 0 Å². The zero-order chi connectivity index (χ0) is 21.7. The summed E-state index contributed by atoms with van der Waals surface area (Å²) in [5.41, 5.74) is 3.04. The zero-order valence-corrected chi connectivity index (χ0v) is 18.0. The van der Waals surface area contributed by atoms with Gasteiger partial charge in [-0.15, -0.1) is 0 Å². The number of nitrogens with zero attached hydrogens (tertiary/aromatic N) is 1. The molecular weight excluding hydrogens is 386 g/mol. The predicted molar refractivity (Wildman–Crippen MR) is 122 cm³/mol. The van der Waals surface area contributed by atoms with Gasteiger partial charge in [-0.3, -0.25) is 4.79 Å². The number of carboxylic acids is 1. The lowest BCUT2D eigenvalue weighted by molar-refractivity contribution is -0.128. The largest absolute Gasteiger partial charge is 0.478 e. The molecular formula is C27H31NO3. The highest BCUT2D eigenvalue weighted by Gasteiger charge is 2.34. The van der Waals surface area contributed by atoms with Crippen LogP contribution in [0.25, 0.3) is 0 Å². The normalized spacial score (nSPS) is 20.6. The molecule has 31 heavy (non-hydrogen) atoms. The maximum Gasteiger partial charge on any atom is 0.335 e. The molecule has 0 aromatic heterocycles. The molecule has 2 aliphatic rings. The van der Waals surface area contributed by atoms with Gasteiger partial charge in [0.25, 0.3) is 0 Å². The minimum Gasteiger partial charge on any atom is -0.478 e. The van der Waals surface area contributed by atoms with E-state index < -0.39 is 5.97 Å². The number of carbonyl (C=O) groups excluding carboxylic acids is 1. The van der Waals surface area contributed by atoms with Crippen LogP contribution in [0.1, 0.15) is 66.4 Å². The molecule has 4 nitrogen and oxygen atoms in total. The molecule has 1 saturated heterocycles. The number of likely N-dealkylation sites (tertiary alicyclic amines) is 1. The van der Waals surface area contributed by atoms with E-state index in [0.717, 1.165) is 24.8 Å². The van der Waals surface area contributed by atoms with Gasteiger partial charge in [0.05, 0.1) is 11.6 Å². The van der Waals surface area contributed by atoms with Crippen LogP contribution in [0.5, 0.6) is 0 Å². The average molecular weight is 418 g/mol. The summed E-state index contributed by atoms with van der Waals surface area (Å²) in [5, 5.41) is 9.04. The molecule has 1 amide bonds. The van der Waals surface area contributed by atoms with Crippen LogP contribution in [0.4, 0.5) is 0 Å². The number of carbonyl (C=O) groups is 2. The number of benzene rings is 2. The second-order valence-electron chi connectivity index (χ2n) is 8.93. The summed E-state index contributed by atoms with van der Waals surface area (Å²) < 4.78 is 0. The van der Waals surface area contributed by atoms with Crippen molar-refractivity contribution in [3.05, 3.63) is 83.4 Å². The van der Waals surface area contributed by atoms with E-state index in [0.29, 0.717) is 18.5 Å². The SMILES string of the molecule is O=C(O)c1ccc(CCN2C(=O)CCC2/C=C/CC2(c3ccccc3)CCCC2)cc1. The van der Waals surface area contributed by atoms with Gasteiger partial charge in [-0.05, 0) is 60.8 Å². The van der Waals surface area contributed by atoms with E-state index in [9.17, 15) is 9.59 Å². The lowest BCUT2D eigenvalue weighted by atomic mass is 9.76. The van der Waals surface area contributed by atoms with Crippen molar-refractivity contribution in [2.75, 3.05) is 6.54 Å². The average Bonchev–Trinajstić information content (AvgIpc) is 3.41. The van der Waals surface area contributed by atoms with E-state index in [-0.39, 0.29) is 17.4 Å². The lowest BCUT2D eigenvalue weighted by Crippen LogP contribution is -2.33. The molecule has 1 atom stereocenters. The van der Waals surface area contributed by atoms with Crippen LogP contribution in [0.3, 0.4) is 0 Å². The van der Waals surface area contributed by atoms with Gasteiger partial charge in [0.2, 0.25) is 5.91 Å². The Kier molecular flexibility index (Phi) is 6.55. The van der Waals surface area contributed by atoms with Crippen molar-refractivity contribution < 1.29 is 14.7 Å². The van der Waals surface area contributed by atoms with Crippen molar-refractivity contribution in [1.29, 1.82) is 0 Å². The van der Waals surface area contributed by atoms with E-state index in [1.165, 1.54) is 31.2 Å². The van der Waals surface area contributed by atoms with Crippen LogP contribution in [0.15, 0.2) is 66.7 Å². The van der Waals surface area contributed by atoms with E-state index in [1.54, 1.807) is 12.1 Å². The number of hydrogen-bond acceptors (Lipinski definition) is 2. The second-order valence-corrected chi connectivity index (χ2v) is 8.93. The Morgan fingerprint density at radius 2 is 1.77 bits per heavy atom. The number of amides is 1. The Labute approximate surface area is 184 Å². The third-order valence-electron chi connectivity index (χ3n) is 7.03. The number of carboxylic acid groups (broad SMARTS) is 1. The van der Waals surface area contributed by atoms with Crippen molar-refractivity contribution in [2.45, 2.75) is 62.8 Å². The zero-order valence-electron chi connectivity index (χ0n) is 18.0. The van der Waals surface area contributed by atoms with Crippen LogP contribution in [0.2, 0.25) is 0 Å². The fraction of sp³-hybridized carbons (Fsp3) is 0.407. The van der Waals surface area contributed by atoms with E-state index in [1.807, 2.05) is 17.0 Å². The van der Waals surface area contributed by atoms with Crippen molar-refractivity contribution in [1.82, 2.24) is 4.90 Å². The topological polar surface area (TPSA) is 57.6 Å². The molecule has 2 fully saturated rings. The van der Waals surface area contributed by atoms with Gasteiger partial charge >= 0.3 is 5.97 Å². The van der Waals surface area contributed by atoms with Crippen molar-refractivity contribution in [2.24, 2.45) is 0 Å². The number of rotatable bonds is 8. The second kappa shape index (κ2) is 9.51. The van der Waals surface area contributed by atoms with Crippen molar-refractivity contribution in [3.63, 3.8) is 0 Å². The van der Waals surface area contributed by atoms with Gasteiger partial charge in [-0.2, -0.15) is 0 Å². The third kappa shape index (κ3) is 4.90. The van der Waals surface area contributed by atoms with Crippen molar-refractivity contribution in [3.8, 4) is 0 Å². The van der Waals surface area contributed by atoms with Crippen LogP contribution < -0.4 is 0 Å². The highest BCUT2D eigenvalue weighted by atomic mass is 16.4. The highest BCUT2D eigenvalue weighted by Crippen LogP contribution is 2.44. The molecule has 1 saturated carbocycles. The standard InChI is InChI=1S/C27H31NO3/c29-25-15-14-24(28(25)20-16-21-10-12-22(13-11-21)26(30)31)9-6-19-27(17-4-5-18-27)23-7-2-1-3-8-23/h1-3,6-13,24H,4-5,14-20H2,(H,30,31)/b9-6+. The molecule has 162 valence electrons. The predicted octanol–water partition coefficient (Wildman–Crippen LogP) is 5.38. The summed E-state index contributed by atoms with van der Waals surface area (Å²) in [7, 11) is 0. The first-order chi connectivity index (χ1) is 15.1. The lowest BCUT2D eigenvalue weighted by Gasteiger charge is -2.29. The molecule has 1 aliphatic carbocycles. The Morgan fingerprint density at radius 1 is 1.06 bits per heavy atom. The monoisotopic (exact) mass is 417 g/mol. The Balaban J connectivity index is 1.38. The van der Waals surface area contributed by atoms with E-state index in [2.05, 4.69) is 42.5 Å². The fourth-order valence-electron chi connectivity index (χ4n) is 5.21. The van der Waals surface area contributed by atoms with Gasteiger partial charge in [-0.25, -0.2) is 4.79 Å². The summed E-state index contributed by atoms with van der Waals surface area (Å²) in [6.07, 6.45) is 12.9. The molecule has 0 spiro atoms. The van der Waals surface area contributed by atoms with Gasteiger partial charge < -0.3 is 10.0 Å². The Hall–Kier alpha value is -2.88. The number of hydrogen-bond donors (Lipinski definition) is 1. The van der Waals surface area contributed by atoms with Gasteiger partial charge in [0.1, 0.15) is 0 Å². The third-order valence-corrected chi connectivity index (χ3v) is 7.03. The van der Waals surface area contributed by atoms with Gasteiger partial charge in [-0.1, -0.05) is 67.5 Å². The van der Waals surface area contributed by atoms with Gasteiger partial charge in [0, 0.05) is 13.0 Å². The maximum atomic E-state index is 12.5. The first kappa shape index (κ1) is 21.4. The van der Waals surface area contributed by atoms with Crippen LogP contribution >= 0.6 is 0 Å². The molecule has 1 aliphatic heterocycles. The Morgan fingerprint density at radius 3 is 2.45 bits per heavy atom. The maximum absolute atomic E-state index is 12.5. The molecule has 1 unspecified atom stereocenters. The minimum atomic E-state index is -0.915. The number of allylic oxidation sites excluding steroid dienone is 1. The smallest absolute Gasteiger partial charge is 0.335 e. The summed E-state index contributed by atoms with van der Waals surface area (Å²) in [6.45, 7) is 0.671. The summed E-state index contributed by atoms with van der Waals surface area (Å²) in [5.74, 6) is -0.697. The molecule has 2 aromatic rings. The molecule has 0 radical (unpaired) electrons. The summed E-state index contributed by atoms with van der Waals surface area (Å²) in [4.78, 5) is 25.5. The quantitative estimate of drug-likeness (QED) is 0.587. The molecule has 1 heterocycles. The van der Waals surface area contributed by atoms with E-state index in [4.69, 9.17) is 5.11 Å². The summed E-state index contributed by atoms with van der Waals surface area (Å²) >= 11 is 0. The number of aromatic carboxylic acids is 1. The first-order valence-corrected chi connectivity index (χ1v) is 11.4. The molecule has 1 N–H and O–H groups in total. The fourth-order valence-corrected chi connectivity index (χ4v) is 5.21. The minimum absolute atomic E-state index is 0.167. The summed E-state index contributed by atoms with van der Waals surface area (Å²) in [6, 6.07) is 18.0. The van der Waals surface area contributed by atoms with Crippen LogP contribution in [0, 0.1) is 0 Å². The molecule has 0 bridgehead atoms. The molecule has 2 aromatic carbocycles.